The second kappa shape index (κ2) is 15.9. The average molecular weight is 749 g/mol. The molecule has 0 bridgehead atoms. The van der Waals surface area contributed by atoms with Crippen molar-refractivity contribution in [2.45, 2.75) is 187 Å². The van der Waals surface area contributed by atoms with Crippen LogP contribution in [0.5, 0.6) is 0 Å². The zero-order valence-electron chi connectivity index (χ0n) is 34.1. The standard InChI is InChI=1S/C43H71F3O3Si2/c1-30(15-13-17-39(47)33-20-22-34(23-21-33)43(44,45)46)37-24-25-38-32(16-14-26-42(37,38)8)19-18-31-27-35(48-50(9,10)40(2,3)4)29-36(28-31)49-51(11,12)41(5,6)7/h18-23,30,35-39,47H,13-17,24-29H2,1-12H3/b31-18?,32-19+/t30-,35?,36?,37-,38+,39?,42-/m1/s1. The van der Waals surface area contributed by atoms with Crippen molar-refractivity contribution in [1.82, 2.24) is 0 Å². The Balaban J connectivity index is 1.44. The molecule has 8 heteroatoms. The summed E-state index contributed by atoms with van der Waals surface area (Å²) in [5.74, 6) is 1.79. The van der Waals surface area contributed by atoms with Gasteiger partial charge in [0.15, 0.2) is 16.6 Å². The fraction of sp³-hybridized carbons (Fsp3) is 0.767. The number of benzene rings is 1. The number of aliphatic hydroxyl groups excluding tert-OH is 1. The molecular formula is C43H71F3O3Si2. The molecular weight excluding hydrogens is 678 g/mol. The van der Waals surface area contributed by atoms with Gasteiger partial charge >= 0.3 is 6.18 Å². The Morgan fingerprint density at radius 1 is 0.863 bits per heavy atom. The van der Waals surface area contributed by atoms with Crippen LogP contribution in [0, 0.1) is 23.2 Å². The third kappa shape index (κ3) is 10.3. The van der Waals surface area contributed by atoms with Crippen LogP contribution in [0.3, 0.4) is 0 Å². The third-order valence-corrected chi connectivity index (χ3v) is 23.1. The second-order valence-corrected chi connectivity index (χ2v) is 29.4. The minimum atomic E-state index is -4.36. The molecule has 3 nitrogen and oxygen atoms in total. The van der Waals surface area contributed by atoms with Gasteiger partial charge in [-0.3, -0.25) is 0 Å². The summed E-state index contributed by atoms with van der Waals surface area (Å²) in [6, 6.07) is 4.98. The van der Waals surface area contributed by atoms with Gasteiger partial charge in [0.05, 0.1) is 23.9 Å². The molecule has 1 N–H and O–H groups in total. The molecule has 1 aromatic carbocycles. The topological polar surface area (TPSA) is 38.7 Å². The summed E-state index contributed by atoms with van der Waals surface area (Å²) in [4.78, 5) is 0. The highest BCUT2D eigenvalue weighted by atomic mass is 28.4. The number of hydrogen-bond donors (Lipinski definition) is 1. The van der Waals surface area contributed by atoms with Crippen molar-refractivity contribution in [2.24, 2.45) is 23.2 Å². The highest BCUT2D eigenvalue weighted by Crippen LogP contribution is 2.60. The smallest absolute Gasteiger partial charge is 0.414 e. The lowest BCUT2D eigenvalue weighted by molar-refractivity contribution is -0.137. The van der Waals surface area contributed by atoms with Crippen molar-refractivity contribution in [1.29, 1.82) is 0 Å². The van der Waals surface area contributed by atoms with Crippen molar-refractivity contribution in [3.05, 3.63) is 58.7 Å². The minimum absolute atomic E-state index is 0.167. The maximum absolute atomic E-state index is 13.0. The van der Waals surface area contributed by atoms with E-state index < -0.39 is 34.5 Å². The molecule has 3 saturated carbocycles. The Bertz CT molecular complexity index is 1330. The number of allylic oxidation sites excluding steroid dienone is 3. The Kier molecular flexibility index (Phi) is 13.2. The first-order valence-corrected chi connectivity index (χ1v) is 25.7. The molecule has 51 heavy (non-hydrogen) atoms. The maximum Gasteiger partial charge on any atom is 0.416 e. The molecule has 3 aliphatic carbocycles. The van der Waals surface area contributed by atoms with Crippen LogP contribution >= 0.6 is 0 Å². The lowest BCUT2D eigenvalue weighted by atomic mass is 9.60. The number of fused-ring (bicyclic) bond motifs is 1. The number of halogens is 3. The van der Waals surface area contributed by atoms with Crippen LogP contribution in [0.1, 0.15) is 143 Å². The third-order valence-electron chi connectivity index (χ3n) is 14.1. The zero-order valence-corrected chi connectivity index (χ0v) is 36.1. The normalized spacial score (nSPS) is 28.9. The van der Waals surface area contributed by atoms with Gasteiger partial charge in [-0.2, -0.15) is 13.2 Å². The van der Waals surface area contributed by atoms with E-state index in [-0.39, 0.29) is 27.7 Å². The lowest BCUT2D eigenvalue weighted by Gasteiger charge is -2.45. The summed E-state index contributed by atoms with van der Waals surface area (Å²) >= 11 is 0. The van der Waals surface area contributed by atoms with E-state index in [9.17, 15) is 18.3 Å². The van der Waals surface area contributed by atoms with Crippen molar-refractivity contribution in [2.75, 3.05) is 0 Å². The molecule has 0 amide bonds. The molecule has 290 valence electrons. The summed E-state index contributed by atoms with van der Waals surface area (Å²) in [6.45, 7) is 28.4. The van der Waals surface area contributed by atoms with Crippen LogP contribution in [-0.2, 0) is 15.0 Å². The number of alkyl halides is 3. The summed E-state index contributed by atoms with van der Waals surface area (Å²) in [6.07, 6.45) is 11.8. The van der Waals surface area contributed by atoms with E-state index in [1.54, 1.807) is 5.57 Å². The fourth-order valence-electron chi connectivity index (χ4n) is 8.97. The Labute approximate surface area is 311 Å². The van der Waals surface area contributed by atoms with Crippen molar-refractivity contribution >= 4 is 16.6 Å². The van der Waals surface area contributed by atoms with Crippen molar-refractivity contribution in [3.8, 4) is 0 Å². The molecule has 1 aromatic rings. The molecule has 3 unspecified atom stereocenters. The molecule has 4 rings (SSSR count). The Hall–Kier alpha value is -1.20. The number of hydrogen-bond acceptors (Lipinski definition) is 3. The van der Waals surface area contributed by atoms with Crippen LogP contribution in [0.4, 0.5) is 13.2 Å². The predicted octanol–water partition coefficient (Wildman–Crippen LogP) is 13.6. The monoisotopic (exact) mass is 748 g/mol. The van der Waals surface area contributed by atoms with Gasteiger partial charge in [0, 0.05) is 0 Å². The molecule has 3 fully saturated rings. The first-order valence-electron chi connectivity index (χ1n) is 19.9. The van der Waals surface area contributed by atoms with E-state index in [2.05, 4.69) is 93.7 Å². The Morgan fingerprint density at radius 2 is 1.41 bits per heavy atom. The van der Waals surface area contributed by atoms with Crippen LogP contribution in [0.2, 0.25) is 36.3 Å². The SMILES string of the molecule is C[C@H](CCCC(O)c1ccc(C(F)(F)F)cc1)[C@H]1CC[C@H]2/C(=C/C=C3CC(O[Si](C)(C)C(C)(C)C)CC(O[Si](C)(C)C(C)(C)C)C3)CCC[C@]12C. The number of rotatable bonds is 11. The summed E-state index contributed by atoms with van der Waals surface area (Å²) in [7, 11) is -3.86. The molecule has 0 aliphatic heterocycles. The van der Waals surface area contributed by atoms with Crippen LogP contribution in [-0.4, -0.2) is 33.9 Å². The molecule has 3 aliphatic rings. The van der Waals surface area contributed by atoms with Gasteiger partial charge in [-0.15, -0.1) is 0 Å². The van der Waals surface area contributed by atoms with E-state index in [1.807, 2.05) is 0 Å². The maximum atomic E-state index is 13.0. The van der Waals surface area contributed by atoms with Gasteiger partial charge in [0.2, 0.25) is 0 Å². The van der Waals surface area contributed by atoms with Crippen LogP contribution in [0.15, 0.2) is 47.6 Å². The van der Waals surface area contributed by atoms with Crippen molar-refractivity contribution in [3.63, 3.8) is 0 Å². The largest absolute Gasteiger partial charge is 0.416 e. The molecule has 0 heterocycles. The van der Waals surface area contributed by atoms with Gasteiger partial charge in [-0.05, 0) is 135 Å². The minimum Gasteiger partial charge on any atom is -0.414 e. The van der Waals surface area contributed by atoms with E-state index in [0.29, 0.717) is 29.7 Å². The van der Waals surface area contributed by atoms with Gasteiger partial charge in [0.25, 0.3) is 0 Å². The second-order valence-electron chi connectivity index (χ2n) is 19.9. The van der Waals surface area contributed by atoms with E-state index in [0.717, 1.165) is 44.2 Å². The van der Waals surface area contributed by atoms with Gasteiger partial charge in [-0.25, -0.2) is 0 Å². The van der Waals surface area contributed by atoms with E-state index in [4.69, 9.17) is 8.85 Å². The zero-order chi connectivity index (χ0) is 38.2. The summed E-state index contributed by atoms with van der Waals surface area (Å²) in [5, 5.41) is 11.1. The first kappa shape index (κ1) is 42.5. The Morgan fingerprint density at radius 3 is 1.92 bits per heavy atom. The van der Waals surface area contributed by atoms with Crippen LogP contribution < -0.4 is 0 Å². The predicted molar refractivity (Wildman–Crippen MR) is 212 cm³/mol. The van der Waals surface area contributed by atoms with E-state index >= 15 is 0 Å². The molecule has 0 saturated heterocycles. The van der Waals surface area contributed by atoms with Gasteiger partial charge in [0.1, 0.15) is 0 Å². The molecule has 0 aromatic heterocycles. The quantitative estimate of drug-likeness (QED) is 0.229. The lowest BCUT2D eigenvalue weighted by Crippen LogP contribution is -2.48. The molecule has 7 atom stereocenters. The summed E-state index contributed by atoms with van der Waals surface area (Å²) in [5.41, 5.74) is 3.27. The fourth-order valence-corrected chi connectivity index (χ4v) is 11.7. The van der Waals surface area contributed by atoms with Crippen molar-refractivity contribution < 1.29 is 27.1 Å². The number of aliphatic hydroxyl groups is 1. The first-order chi connectivity index (χ1) is 23.3. The highest BCUT2D eigenvalue weighted by molar-refractivity contribution is 6.74. The highest BCUT2D eigenvalue weighted by Gasteiger charge is 2.50. The average Bonchev–Trinajstić information content (AvgIpc) is 3.35. The summed E-state index contributed by atoms with van der Waals surface area (Å²) < 4.78 is 53.1. The van der Waals surface area contributed by atoms with Gasteiger partial charge < -0.3 is 14.0 Å². The van der Waals surface area contributed by atoms with Crippen LogP contribution in [0.25, 0.3) is 0 Å². The molecule has 0 radical (unpaired) electrons. The van der Waals surface area contributed by atoms with E-state index in [1.165, 1.54) is 49.8 Å². The van der Waals surface area contributed by atoms with Gasteiger partial charge in [-0.1, -0.05) is 104 Å². The molecule has 0 spiro atoms.